The van der Waals surface area contributed by atoms with Crippen molar-refractivity contribution in [2.75, 3.05) is 13.1 Å². The van der Waals surface area contributed by atoms with E-state index in [1.807, 2.05) is 0 Å². The summed E-state index contributed by atoms with van der Waals surface area (Å²) >= 11 is 0. The van der Waals surface area contributed by atoms with Gasteiger partial charge in [0.05, 0.1) is 0 Å². The first-order valence-electron chi connectivity index (χ1n) is 8.51. The van der Waals surface area contributed by atoms with Crippen LogP contribution in [0.1, 0.15) is 71.6 Å². The maximum absolute atomic E-state index is 2.90. The fraction of sp³-hybridized carbons (Fsp3) is 1.00. The van der Waals surface area contributed by atoms with E-state index in [0.717, 1.165) is 17.8 Å². The molecule has 0 aromatic carbocycles. The minimum atomic E-state index is 0. The van der Waals surface area contributed by atoms with Gasteiger partial charge >= 0.3 is 0 Å². The molecule has 0 unspecified atom stereocenters. The number of nitrogens with zero attached hydrogens (tertiary/aromatic N) is 1. The van der Waals surface area contributed by atoms with Crippen LogP contribution in [0.4, 0.5) is 0 Å². The molecule has 4 fully saturated rings. The van der Waals surface area contributed by atoms with E-state index in [1.165, 1.54) is 32.4 Å². The summed E-state index contributed by atoms with van der Waals surface area (Å²) < 4.78 is 0. The van der Waals surface area contributed by atoms with Crippen molar-refractivity contribution in [3.8, 4) is 0 Å². The Labute approximate surface area is 125 Å². The lowest BCUT2D eigenvalue weighted by molar-refractivity contribution is -0.0874. The van der Waals surface area contributed by atoms with Crippen LogP contribution < -0.4 is 0 Å². The molecule has 4 saturated carbocycles. The van der Waals surface area contributed by atoms with Crippen molar-refractivity contribution in [1.29, 1.82) is 0 Å². The number of rotatable bonds is 6. The van der Waals surface area contributed by atoms with Crippen LogP contribution in [0.2, 0.25) is 0 Å². The van der Waals surface area contributed by atoms with Gasteiger partial charge in [0.2, 0.25) is 0 Å². The predicted octanol–water partition coefficient (Wildman–Crippen LogP) is 4.89. The first kappa shape index (κ1) is 15.6. The minimum Gasteiger partial charge on any atom is -0.298 e. The average Bonchev–Trinajstić information content (AvgIpc) is 2.32. The van der Waals surface area contributed by atoms with Gasteiger partial charge < -0.3 is 0 Å². The summed E-state index contributed by atoms with van der Waals surface area (Å²) in [6.07, 6.45) is 13.5. The molecule has 0 atom stereocenters. The second-order valence-corrected chi connectivity index (χ2v) is 7.43. The Bertz CT molecular complexity index is 254. The first-order chi connectivity index (χ1) is 8.75. The molecule has 0 radical (unpaired) electrons. The fourth-order valence-electron chi connectivity index (χ4n) is 5.74. The van der Waals surface area contributed by atoms with E-state index in [1.54, 1.807) is 38.5 Å². The van der Waals surface area contributed by atoms with E-state index in [9.17, 15) is 0 Å². The Morgan fingerprint density at radius 3 is 1.84 bits per heavy atom. The summed E-state index contributed by atoms with van der Waals surface area (Å²) in [6, 6.07) is 0. The number of hydrogen-bond acceptors (Lipinski definition) is 1. The van der Waals surface area contributed by atoms with Crippen molar-refractivity contribution in [3.05, 3.63) is 0 Å². The minimum absolute atomic E-state index is 0. The molecule has 112 valence electrons. The molecule has 0 spiro atoms. The van der Waals surface area contributed by atoms with Crippen LogP contribution in [0.3, 0.4) is 0 Å². The van der Waals surface area contributed by atoms with E-state index < -0.39 is 0 Å². The van der Waals surface area contributed by atoms with Crippen LogP contribution in [-0.2, 0) is 0 Å². The molecule has 0 aromatic rings. The van der Waals surface area contributed by atoms with Gasteiger partial charge in [-0.05, 0) is 75.8 Å². The van der Waals surface area contributed by atoms with Crippen LogP contribution in [0.5, 0.6) is 0 Å². The maximum atomic E-state index is 2.90. The van der Waals surface area contributed by atoms with Crippen molar-refractivity contribution in [2.24, 2.45) is 17.8 Å². The SMILES string of the molecule is CCCCCN(CC)C12CC3CC(CC(C3)C1)C2.Cl. The van der Waals surface area contributed by atoms with Crippen LogP contribution in [0.25, 0.3) is 0 Å². The molecule has 4 aliphatic carbocycles. The van der Waals surface area contributed by atoms with Crippen molar-refractivity contribution < 1.29 is 0 Å². The van der Waals surface area contributed by atoms with Gasteiger partial charge in [-0.2, -0.15) is 0 Å². The summed E-state index contributed by atoms with van der Waals surface area (Å²) in [5.41, 5.74) is 0.650. The lowest BCUT2D eigenvalue weighted by Crippen LogP contribution is -2.60. The molecule has 4 aliphatic rings. The highest BCUT2D eigenvalue weighted by atomic mass is 35.5. The monoisotopic (exact) mass is 285 g/mol. The Morgan fingerprint density at radius 1 is 0.895 bits per heavy atom. The molecular formula is C17H32ClN. The Kier molecular flexibility index (Phi) is 5.22. The predicted molar refractivity (Wildman–Crippen MR) is 84.9 cm³/mol. The van der Waals surface area contributed by atoms with Crippen LogP contribution in [0.15, 0.2) is 0 Å². The van der Waals surface area contributed by atoms with Gasteiger partial charge in [-0.25, -0.2) is 0 Å². The van der Waals surface area contributed by atoms with E-state index in [0.29, 0.717) is 5.54 Å². The van der Waals surface area contributed by atoms with Gasteiger partial charge in [0.25, 0.3) is 0 Å². The Hall–Kier alpha value is 0.250. The molecule has 0 amide bonds. The zero-order chi connectivity index (χ0) is 12.6. The average molecular weight is 286 g/mol. The van der Waals surface area contributed by atoms with Crippen molar-refractivity contribution in [2.45, 2.75) is 77.2 Å². The Balaban J connectivity index is 0.00000133. The molecule has 1 nitrogen and oxygen atoms in total. The summed E-state index contributed by atoms with van der Waals surface area (Å²) in [5, 5.41) is 0. The van der Waals surface area contributed by atoms with Gasteiger partial charge in [0, 0.05) is 5.54 Å². The molecule has 19 heavy (non-hydrogen) atoms. The molecule has 0 heterocycles. The van der Waals surface area contributed by atoms with E-state index in [4.69, 9.17) is 0 Å². The van der Waals surface area contributed by atoms with E-state index in [-0.39, 0.29) is 12.4 Å². The molecule has 4 rings (SSSR count). The first-order valence-corrected chi connectivity index (χ1v) is 8.51. The second-order valence-electron chi connectivity index (χ2n) is 7.43. The van der Waals surface area contributed by atoms with Crippen LogP contribution >= 0.6 is 12.4 Å². The fourth-order valence-corrected chi connectivity index (χ4v) is 5.74. The summed E-state index contributed by atoms with van der Waals surface area (Å²) in [7, 11) is 0. The zero-order valence-electron chi connectivity index (χ0n) is 12.9. The molecular weight excluding hydrogens is 254 g/mol. The lowest BCUT2D eigenvalue weighted by atomic mass is 9.52. The van der Waals surface area contributed by atoms with Gasteiger partial charge in [-0.3, -0.25) is 4.90 Å². The third kappa shape index (κ3) is 2.97. The molecule has 4 bridgehead atoms. The molecule has 0 aromatic heterocycles. The highest BCUT2D eigenvalue weighted by Gasteiger charge is 2.52. The third-order valence-corrected chi connectivity index (χ3v) is 6.09. The largest absolute Gasteiger partial charge is 0.298 e. The highest BCUT2D eigenvalue weighted by molar-refractivity contribution is 5.85. The summed E-state index contributed by atoms with van der Waals surface area (Å²) in [5.74, 6) is 3.28. The van der Waals surface area contributed by atoms with Crippen molar-refractivity contribution >= 4 is 12.4 Å². The van der Waals surface area contributed by atoms with E-state index in [2.05, 4.69) is 18.7 Å². The van der Waals surface area contributed by atoms with Gasteiger partial charge in [0.15, 0.2) is 0 Å². The van der Waals surface area contributed by atoms with Gasteiger partial charge in [0.1, 0.15) is 0 Å². The molecule has 0 aliphatic heterocycles. The standard InChI is InChI=1S/C17H31N.ClH/c1-3-5-6-7-18(4-2)17-11-14-8-15(12-17)10-16(9-14)13-17;/h14-16H,3-13H2,1-2H3;1H. The summed E-state index contributed by atoms with van der Waals surface area (Å²) in [6.45, 7) is 7.37. The van der Waals surface area contributed by atoms with Crippen molar-refractivity contribution in [1.82, 2.24) is 4.90 Å². The van der Waals surface area contributed by atoms with Gasteiger partial charge in [-0.15, -0.1) is 12.4 Å². The highest BCUT2D eigenvalue weighted by Crippen LogP contribution is 2.57. The van der Waals surface area contributed by atoms with Crippen LogP contribution in [0, 0.1) is 17.8 Å². The number of hydrogen-bond donors (Lipinski definition) is 0. The second kappa shape index (κ2) is 6.35. The lowest BCUT2D eigenvalue weighted by Gasteiger charge is -2.60. The molecule has 0 N–H and O–H groups in total. The third-order valence-electron chi connectivity index (χ3n) is 6.09. The van der Waals surface area contributed by atoms with Gasteiger partial charge in [-0.1, -0.05) is 26.7 Å². The molecule has 2 heteroatoms. The van der Waals surface area contributed by atoms with Crippen LogP contribution in [-0.4, -0.2) is 23.5 Å². The quantitative estimate of drug-likeness (QED) is 0.628. The number of halogens is 1. The topological polar surface area (TPSA) is 3.24 Å². The van der Waals surface area contributed by atoms with E-state index >= 15 is 0 Å². The Morgan fingerprint density at radius 2 is 1.42 bits per heavy atom. The molecule has 0 saturated heterocycles. The number of unbranched alkanes of at least 4 members (excludes halogenated alkanes) is 2. The zero-order valence-corrected chi connectivity index (χ0v) is 13.7. The normalized spacial score (nSPS) is 39.6. The maximum Gasteiger partial charge on any atom is 0.0217 e. The van der Waals surface area contributed by atoms with Crippen molar-refractivity contribution in [3.63, 3.8) is 0 Å². The summed E-state index contributed by atoms with van der Waals surface area (Å²) in [4.78, 5) is 2.90. The smallest absolute Gasteiger partial charge is 0.0217 e.